The maximum Gasteiger partial charge on any atom is 0.412 e. The molecule has 2 unspecified atom stereocenters. The van der Waals surface area contributed by atoms with Crippen molar-refractivity contribution in [1.29, 1.82) is 0 Å². The first-order valence-corrected chi connectivity index (χ1v) is 7.27. The molecule has 0 radical (unpaired) electrons. The summed E-state index contributed by atoms with van der Waals surface area (Å²) in [5.74, 6) is 0. The molecule has 1 rings (SSSR count). The van der Waals surface area contributed by atoms with E-state index in [4.69, 9.17) is 10.5 Å². The molecule has 4 N–H and O–H groups in total. The first-order valence-electron chi connectivity index (χ1n) is 7.27. The third-order valence-corrected chi connectivity index (χ3v) is 2.94. The van der Waals surface area contributed by atoms with Gasteiger partial charge in [0.25, 0.3) is 0 Å². The lowest BCUT2D eigenvalue weighted by Gasteiger charge is -2.20. The van der Waals surface area contributed by atoms with Gasteiger partial charge in [0, 0.05) is 24.3 Å². The Kier molecular flexibility index (Phi) is 6.18. The van der Waals surface area contributed by atoms with Crippen LogP contribution in [-0.2, 0) is 4.74 Å². The molecule has 5 nitrogen and oxygen atoms in total. The molecular formula is C16H27N3O2. The van der Waals surface area contributed by atoms with Crippen molar-refractivity contribution in [2.24, 2.45) is 5.73 Å². The Morgan fingerprint density at radius 3 is 2.29 bits per heavy atom. The average Bonchev–Trinajstić information content (AvgIpc) is 2.36. The number of anilines is 1. The summed E-state index contributed by atoms with van der Waals surface area (Å²) < 4.78 is 5.21. The topological polar surface area (TPSA) is 76.4 Å². The fraction of sp³-hybridized carbons (Fsp3) is 0.562. The van der Waals surface area contributed by atoms with E-state index < -0.39 is 11.7 Å². The third kappa shape index (κ3) is 6.60. The molecule has 1 aromatic rings. The zero-order chi connectivity index (χ0) is 16.0. The monoisotopic (exact) mass is 293 g/mol. The van der Waals surface area contributed by atoms with Crippen molar-refractivity contribution in [2.75, 3.05) is 11.9 Å². The summed E-state index contributed by atoms with van der Waals surface area (Å²) in [6, 6.07) is 8.16. The zero-order valence-electron chi connectivity index (χ0n) is 13.6. The van der Waals surface area contributed by atoms with Crippen LogP contribution in [0.15, 0.2) is 24.3 Å². The van der Waals surface area contributed by atoms with E-state index in [2.05, 4.69) is 24.5 Å². The number of nitrogens with two attached hydrogens (primary N) is 1. The van der Waals surface area contributed by atoms with E-state index in [1.54, 1.807) is 0 Å². The zero-order valence-corrected chi connectivity index (χ0v) is 13.6. The lowest BCUT2D eigenvalue weighted by atomic mass is 10.1. The van der Waals surface area contributed by atoms with E-state index in [0.717, 1.165) is 5.56 Å². The van der Waals surface area contributed by atoms with E-state index in [1.807, 2.05) is 45.0 Å². The molecule has 0 aromatic heterocycles. The molecule has 0 saturated heterocycles. The van der Waals surface area contributed by atoms with Gasteiger partial charge in [-0.05, 0) is 52.3 Å². The molecule has 0 fully saturated rings. The Labute approximate surface area is 127 Å². The van der Waals surface area contributed by atoms with Crippen LogP contribution in [0, 0.1) is 0 Å². The summed E-state index contributed by atoms with van der Waals surface area (Å²) in [4.78, 5) is 11.7. The van der Waals surface area contributed by atoms with Gasteiger partial charge in [-0.2, -0.15) is 0 Å². The molecule has 0 aliphatic rings. The first-order chi connectivity index (χ1) is 9.71. The number of hydrogen-bond acceptors (Lipinski definition) is 4. The highest BCUT2D eigenvalue weighted by molar-refractivity contribution is 5.84. The van der Waals surface area contributed by atoms with Gasteiger partial charge in [-0.3, -0.25) is 5.32 Å². The highest BCUT2D eigenvalue weighted by Gasteiger charge is 2.16. The highest BCUT2D eigenvalue weighted by atomic mass is 16.6. The molecule has 118 valence electrons. The largest absolute Gasteiger partial charge is 0.444 e. The number of nitrogens with one attached hydrogen (secondary N) is 2. The van der Waals surface area contributed by atoms with Gasteiger partial charge in [-0.15, -0.1) is 0 Å². The summed E-state index contributed by atoms with van der Waals surface area (Å²) in [6.07, 6.45) is -0.446. The molecular weight excluding hydrogens is 266 g/mol. The Bertz CT molecular complexity index is 452. The maximum absolute atomic E-state index is 11.7. The van der Waals surface area contributed by atoms with Crippen molar-refractivity contribution in [1.82, 2.24) is 5.32 Å². The van der Waals surface area contributed by atoms with Crippen molar-refractivity contribution in [3.05, 3.63) is 29.8 Å². The third-order valence-electron chi connectivity index (χ3n) is 2.94. The number of rotatable bonds is 5. The van der Waals surface area contributed by atoms with E-state index in [-0.39, 0.29) is 12.1 Å². The van der Waals surface area contributed by atoms with Gasteiger partial charge in [-0.1, -0.05) is 12.1 Å². The summed E-state index contributed by atoms with van der Waals surface area (Å²) in [6.45, 7) is 10.2. The number of benzene rings is 1. The predicted octanol–water partition coefficient (Wildman–Crippen LogP) is 3.03. The lowest BCUT2D eigenvalue weighted by Crippen LogP contribution is -2.35. The minimum absolute atomic E-state index is 0.208. The number of hydrogen-bond donors (Lipinski definition) is 3. The van der Waals surface area contributed by atoms with Crippen LogP contribution in [0.5, 0.6) is 0 Å². The van der Waals surface area contributed by atoms with Gasteiger partial charge in [-0.25, -0.2) is 4.79 Å². The van der Waals surface area contributed by atoms with Crippen molar-refractivity contribution < 1.29 is 9.53 Å². The Balaban J connectivity index is 2.60. The van der Waals surface area contributed by atoms with Crippen LogP contribution in [-0.4, -0.2) is 24.3 Å². The summed E-state index contributed by atoms with van der Waals surface area (Å²) in [5, 5.41) is 6.12. The van der Waals surface area contributed by atoms with Gasteiger partial charge in [0.2, 0.25) is 0 Å². The fourth-order valence-electron chi connectivity index (χ4n) is 1.87. The Morgan fingerprint density at radius 2 is 1.81 bits per heavy atom. The van der Waals surface area contributed by atoms with E-state index >= 15 is 0 Å². The molecule has 0 saturated carbocycles. The fourth-order valence-corrected chi connectivity index (χ4v) is 1.87. The van der Waals surface area contributed by atoms with Crippen LogP contribution in [0.25, 0.3) is 0 Å². The van der Waals surface area contributed by atoms with Crippen LogP contribution < -0.4 is 16.4 Å². The number of ether oxygens (including phenoxy) is 1. The van der Waals surface area contributed by atoms with Crippen molar-refractivity contribution in [3.8, 4) is 0 Å². The molecule has 0 aliphatic carbocycles. The Morgan fingerprint density at radius 1 is 1.24 bits per heavy atom. The average molecular weight is 293 g/mol. The van der Waals surface area contributed by atoms with Gasteiger partial charge >= 0.3 is 6.09 Å². The van der Waals surface area contributed by atoms with Crippen LogP contribution in [0.1, 0.15) is 46.2 Å². The van der Waals surface area contributed by atoms with E-state index in [0.29, 0.717) is 12.2 Å². The van der Waals surface area contributed by atoms with Crippen molar-refractivity contribution in [2.45, 2.75) is 52.3 Å². The normalized spacial score (nSPS) is 14.4. The molecule has 2 atom stereocenters. The molecule has 1 amide bonds. The SMILES string of the molecule is CC(CN)NC(C)c1ccc(NC(=O)OC(C)(C)C)cc1. The lowest BCUT2D eigenvalue weighted by molar-refractivity contribution is 0.0636. The second-order valence-corrected chi connectivity index (χ2v) is 6.27. The molecule has 5 heteroatoms. The van der Waals surface area contributed by atoms with Crippen LogP contribution >= 0.6 is 0 Å². The Hall–Kier alpha value is -1.59. The van der Waals surface area contributed by atoms with E-state index in [1.165, 1.54) is 0 Å². The van der Waals surface area contributed by atoms with Crippen LogP contribution in [0.3, 0.4) is 0 Å². The van der Waals surface area contributed by atoms with Gasteiger partial charge < -0.3 is 15.8 Å². The van der Waals surface area contributed by atoms with Gasteiger partial charge in [0.05, 0.1) is 0 Å². The summed E-state index contributed by atoms with van der Waals surface area (Å²) >= 11 is 0. The molecule has 21 heavy (non-hydrogen) atoms. The molecule has 0 bridgehead atoms. The number of carbonyl (C=O) groups excluding carboxylic acids is 1. The maximum atomic E-state index is 11.7. The molecule has 0 spiro atoms. The summed E-state index contributed by atoms with van der Waals surface area (Å²) in [5.41, 5.74) is 6.96. The second kappa shape index (κ2) is 7.43. The minimum atomic E-state index is -0.499. The van der Waals surface area contributed by atoms with Gasteiger partial charge in [0.15, 0.2) is 0 Å². The van der Waals surface area contributed by atoms with Crippen LogP contribution in [0.4, 0.5) is 10.5 Å². The predicted molar refractivity (Wildman–Crippen MR) is 86.4 cm³/mol. The van der Waals surface area contributed by atoms with Crippen LogP contribution in [0.2, 0.25) is 0 Å². The molecule has 0 aliphatic heterocycles. The molecule has 1 aromatic carbocycles. The minimum Gasteiger partial charge on any atom is -0.444 e. The quantitative estimate of drug-likeness (QED) is 0.780. The highest BCUT2D eigenvalue weighted by Crippen LogP contribution is 2.17. The smallest absolute Gasteiger partial charge is 0.412 e. The number of carbonyl (C=O) groups is 1. The van der Waals surface area contributed by atoms with Crippen molar-refractivity contribution >= 4 is 11.8 Å². The van der Waals surface area contributed by atoms with Gasteiger partial charge in [0.1, 0.15) is 5.60 Å². The second-order valence-electron chi connectivity index (χ2n) is 6.27. The van der Waals surface area contributed by atoms with Crippen molar-refractivity contribution in [3.63, 3.8) is 0 Å². The van der Waals surface area contributed by atoms with E-state index in [9.17, 15) is 4.79 Å². The summed E-state index contributed by atoms with van der Waals surface area (Å²) in [7, 11) is 0. The standard InChI is InChI=1S/C16H27N3O2/c1-11(10-17)18-12(2)13-6-8-14(9-7-13)19-15(20)21-16(3,4)5/h6-9,11-12,18H,10,17H2,1-5H3,(H,19,20). The number of amides is 1. The molecule has 0 heterocycles. The first kappa shape index (κ1) is 17.5.